The first kappa shape index (κ1) is 51.4. The van der Waals surface area contributed by atoms with Gasteiger partial charge in [-0.3, -0.25) is 29.2 Å². The van der Waals surface area contributed by atoms with Gasteiger partial charge in [-0.1, -0.05) is 51.1 Å². The molecular formula is C53H65N9O9. The van der Waals surface area contributed by atoms with Gasteiger partial charge in [-0.2, -0.15) is 0 Å². The van der Waals surface area contributed by atoms with Crippen LogP contribution in [0.2, 0.25) is 0 Å². The molecule has 7 rings (SSSR count). The number of amides is 6. The fourth-order valence-electron chi connectivity index (χ4n) is 8.78. The lowest BCUT2D eigenvalue weighted by atomic mass is 9.93. The normalized spacial score (nSPS) is 15.6. The predicted octanol–water partition coefficient (Wildman–Crippen LogP) is 6.39. The molecule has 0 fully saturated rings. The average Bonchev–Trinajstić information content (AvgIpc) is 3.59. The number of nitrogens with zero attached hydrogens (tertiary/aromatic N) is 4. The number of carbonyl (C=O) groups is 5. The van der Waals surface area contributed by atoms with Crippen molar-refractivity contribution in [3.63, 3.8) is 0 Å². The second-order valence-corrected chi connectivity index (χ2v) is 18.1. The number of anilines is 1. The van der Waals surface area contributed by atoms with Crippen LogP contribution in [0, 0.1) is 5.92 Å². The van der Waals surface area contributed by atoms with E-state index in [2.05, 4.69) is 40.0 Å². The number of benzene rings is 4. The Morgan fingerprint density at radius 2 is 1.45 bits per heavy atom. The lowest BCUT2D eigenvalue weighted by Crippen LogP contribution is -2.51. The summed E-state index contributed by atoms with van der Waals surface area (Å²) in [7, 11) is 3.08. The molecule has 18 nitrogen and oxygen atoms in total. The first-order valence-electron chi connectivity index (χ1n) is 24.2. The van der Waals surface area contributed by atoms with Gasteiger partial charge in [0.25, 0.3) is 11.8 Å². The van der Waals surface area contributed by atoms with Crippen LogP contribution < -0.4 is 46.4 Å². The summed E-state index contributed by atoms with van der Waals surface area (Å²) in [5.41, 5.74) is 17.8. The largest absolute Gasteiger partial charge is 0.493 e. The Balaban J connectivity index is 0.923. The molecule has 3 aliphatic heterocycles. The van der Waals surface area contributed by atoms with E-state index in [9.17, 15) is 24.0 Å². The van der Waals surface area contributed by atoms with Crippen LogP contribution in [-0.2, 0) is 35.5 Å². The number of ether oxygens (including phenoxy) is 4. The predicted molar refractivity (Wildman–Crippen MR) is 272 cm³/mol. The number of aryl methyl sites for hydroxylation is 1. The summed E-state index contributed by atoms with van der Waals surface area (Å²) < 4.78 is 23.7. The monoisotopic (exact) mass is 971 g/mol. The van der Waals surface area contributed by atoms with Gasteiger partial charge < -0.3 is 56.2 Å². The molecule has 0 aliphatic carbocycles. The van der Waals surface area contributed by atoms with Gasteiger partial charge in [0.1, 0.15) is 6.04 Å². The summed E-state index contributed by atoms with van der Waals surface area (Å²) in [5.74, 6) is 0.473. The van der Waals surface area contributed by atoms with Gasteiger partial charge in [0.15, 0.2) is 23.0 Å². The molecule has 3 atom stereocenters. The fraction of sp³-hybridized carbons (Fsp3) is 0.415. The zero-order valence-corrected chi connectivity index (χ0v) is 41.1. The molecule has 0 saturated heterocycles. The van der Waals surface area contributed by atoms with Crippen LogP contribution in [0.25, 0.3) is 0 Å². The number of carbonyl (C=O) groups excluding carboxylic acids is 5. The molecule has 4 aromatic rings. The summed E-state index contributed by atoms with van der Waals surface area (Å²) >= 11 is 0. The Bertz CT molecular complexity index is 2670. The number of hydrogen-bond acceptors (Lipinski definition) is 12. The van der Waals surface area contributed by atoms with Crippen molar-refractivity contribution in [1.29, 1.82) is 0 Å². The number of unbranched alkanes of at least 4 members (excludes halogenated alkanes) is 2. The number of aliphatic imine (C=N–C) groups is 2. The summed E-state index contributed by atoms with van der Waals surface area (Å²) in [6, 6.07) is 17.9. The zero-order valence-electron chi connectivity index (χ0n) is 41.1. The zero-order chi connectivity index (χ0) is 50.6. The van der Waals surface area contributed by atoms with E-state index in [0.29, 0.717) is 90.3 Å². The smallest absolute Gasteiger partial charge is 0.312 e. The highest BCUT2D eigenvalue weighted by Gasteiger charge is 2.34. The van der Waals surface area contributed by atoms with E-state index >= 15 is 0 Å². The third-order valence-electron chi connectivity index (χ3n) is 12.9. The Kier molecular flexibility index (Phi) is 17.3. The minimum atomic E-state index is -0.925. The fourth-order valence-corrected chi connectivity index (χ4v) is 8.78. The van der Waals surface area contributed by atoms with Crippen LogP contribution in [0.5, 0.6) is 23.0 Å². The van der Waals surface area contributed by atoms with Crippen molar-refractivity contribution in [3.05, 3.63) is 100 Å². The van der Waals surface area contributed by atoms with Crippen molar-refractivity contribution in [2.24, 2.45) is 27.4 Å². The summed E-state index contributed by atoms with van der Waals surface area (Å²) in [6.45, 7) is 7.92. The van der Waals surface area contributed by atoms with Crippen LogP contribution in [0.4, 0.5) is 21.9 Å². The molecule has 0 aromatic heterocycles. The number of nitrogens with two attached hydrogens (primary N) is 2. The molecule has 0 saturated carbocycles. The van der Waals surface area contributed by atoms with Crippen molar-refractivity contribution in [1.82, 2.24) is 20.4 Å². The van der Waals surface area contributed by atoms with Gasteiger partial charge in [-0.25, -0.2) is 4.79 Å². The maximum Gasteiger partial charge on any atom is 0.312 e. The highest BCUT2D eigenvalue weighted by Crippen LogP contribution is 2.40. The third-order valence-corrected chi connectivity index (χ3v) is 12.9. The van der Waals surface area contributed by atoms with E-state index in [1.54, 1.807) is 59.7 Å². The average molecular weight is 972 g/mol. The second-order valence-electron chi connectivity index (χ2n) is 18.1. The highest BCUT2D eigenvalue weighted by atomic mass is 16.5. The van der Waals surface area contributed by atoms with Crippen molar-refractivity contribution in [2.75, 3.05) is 45.8 Å². The number of fused-ring (bicyclic) bond motifs is 4. The summed E-state index contributed by atoms with van der Waals surface area (Å²) in [6.07, 6.45) is 7.79. The van der Waals surface area contributed by atoms with E-state index in [-0.39, 0.29) is 43.3 Å². The van der Waals surface area contributed by atoms with Gasteiger partial charge >= 0.3 is 6.03 Å². The lowest BCUT2D eigenvalue weighted by molar-refractivity contribution is -0.128. The van der Waals surface area contributed by atoms with Crippen LogP contribution in [0.1, 0.15) is 95.8 Å². The molecular weight excluding hydrogens is 907 g/mol. The van der Waals surface area contributed by atoms with E-state index in [4.69, 9.17) is 35.4 Å². The number of urea groups is 1. The Morgan fingerprint density at radius 3 is 2.10 bits per heavy atom. The molecule has 4 aromatic carbocycles. The molecule has 18 heteroatoms. The van der Waals surface area contributed by atoms with Crippen LogP contribution in [-0.4, -0.2) is 111 Å². The molecule has 376 valence electrons. The van der Waals surface area contributed by atoms with E-state index < -0.39 is 29.9 Å². The molecule has 3 heterocycles. The topological polar surface area (TPSA) is 242 Å². The number of rotatable bonds is 22. The molecule has 0 bridgehead atoms. The van der Waals surface area contributed by atoms with Gasteiger partial charge in [-0.15, -0.1) is 0 Å². The Morgan fingerprint density at radius 1 is 0.789 bits per heavy atom. The molecule has 6 amide bonds. The van der Waals surface area contributed by atoms with Gasteiger partial charge in [0.2, 0.25) is 11.8 Å². The molecule has 7 N–H and O–H groups in total. The third kappa shape index (κ3) is 12.7. The second kappa shape index (κ2) is 23.9. The van der Waals surface area contributed by atoms with Gasteiger partial charge in [0, 0.05) is 49.9 Å². The number of nitrogens with one attached hydrogen (secondary N) is 3. The summed E-state index contributed by atoms with van der Waals surface area (Å²) in [4.78, 5) is 78.5. The first-order chi connectivity index (χ1) is 34.3. The van der Waals surface area contributed by atoms with Crippen LogP contribution >= 0.6 is 0 Å². The van der Waals surface area contributed by atoms with E-state index in [1.807, 2.05) is 38.1 Å². The van der Waals surface area contributed by atoms with Gasteiger partial charge in [0.05, 0.1) is 68.6 Å². The first-order valence-corrected chi connectivity index (χ1v) is 24.2. The Labute approximate surface area is 414 Å². The number of hydrogen-bond donors (Lipinski definition) is 5. The van der Waals surface area contributed by atoms with E-state index in [0.717, 1.165) is 42.4 Å². The van der Waals surface area contributed by atoms with Crippen molar-refractivity contribution in [3.8, 4) is 23.0 Å². The standard InChI is InChI=1S/C53H65N9O9/c1-6-33-13-8-9-14-35(33)30-61-20-19-56-42-27-46(44(68-4)25-39(42)51(61)65)70-21-10-7-11-22-71-47-28-43-40(26-45(47)69-5)52(66)62-31-36-23-37(17-16-34(36)24-38(62)29-58-43)59-49(63)41(15-12-18-57-53(55)67)60-50(64)48(54)32(2)3/h8-9,13-14,16-17,19,23,25-29,32,38,41,48H,6-7,10-12,15,18,20-22,24,30-31,54H2,1-5H3,(H,59,63)(H,60,64)(H3,55,57,67)/t38-,41-,48-/m0/s1. The van der Waals surface area contributed by atoms with Crippen LogP contribution in [0.15, 0.2) is 76.7 Å². The van der Waals surface area contributed by atoms with Gasteiger partial charge in [-0.05, 0) is 97.4 Å². The minimum absolute atomic E-state index is 0.116. The summed E-state index contributed by atoms with van der Waals surface area (Å²) in [5, 5.41) is 8.18. The van der Waals surface area contributed by atoms with E-state index in [1.165, 1.54) is 12.7 Å². The molecule has 3 aliphatic rings. The van der Waals surface area contributed by atoms with Crippen LogP contribution in [0.3, 0.4) is 0 Å². The van der Waals surface area contributed by atoms with Crippen molar-refractivity contribution < 1.29 is 42.9 Å². The quantitative estimate of drug-likeness (QED) is 0.0544. The number of methoxy groups -OCH3 is 2. The Hall–Kier alpha value is -7.47. The number of primary amides is 1. The molecule has 0 unspecified atom stereocenters. The maximum absolute atomic E-state index is 14.2. The lowest BCUT2D eigenvalue weighted by Gasteiger charge is -2.34. The van der Waals surface area contributed by atoms with Crippen molar-refractivity contribution >= 4 is 59.2 Å². The minimum Gasteiger partial charge on any atom is -0.493 e. The SMILES string of the molecule is CCc1ccccc1CN1CC=Nc2cc(OCCCCCOc3cc4c(cc3OC)C(=O)N3Cc5cc(NC(=O)[C@H](CCCNC(N)=O)NC(=O)[C@@H](N)C(C)C)ccc5C[C@H]3C=N4)c(OC)cc2C1=O. The van der Waals surface area contributed by atoms with Crippen molar-refractivity contribution in [2.45, 2.75) is 96.9 Å². The highest BCUT2D eigenvalue weighted by molar-refractivity contribution is 6.04. The molecule has 0 spiro atoms. The maximum atomic E-state index is 14.2. The molecule has 0 radical (unpaired) electrons. The molecule has 71 heavy (non-hydrogen) atoms.